The molecule has 3 heteroatoms. The minimum Gasteiger partial charge on any atom is -0.320 e. The lowest BCUT2D eigenvalue weighted by Crippen LogP contribution is -2.14. The van der Waals surface area contributed by atoms with E-state index in [-0.39, 0.29) is 5.82 Å². The van der Waals surface area contributed by atoms with Crippen LogP contribution in [-0.4, -0.2) is 0 Å². The van der Waals surface area contributed by atoms with Gasteiger partial charge in [0, 0.05) is 10.0 Å². The van der Waals surface area contributed by atoms with Gasteiger partial charge in [0.1, 0.15) is 5.82 Å². The molecule has 0 bridgehead atoms. The number of nitrogens with two attached hydrogens (primary N) is 1. The Bertz CT molecular complexity index is 539. The summed E-state index contributed by atoms with van der Waals surface area (Å²) in [6.45, 7) is 1.93. The highest BCUT2D eigenvalue weighted by Crippen LogP contribution is 2.28. The topological polar surface area (TPSA) is 26.0 Å². The Labute approximate surface area is 109 Å². The van der Waals surface area contributed by atoms with Crippen molar-refractivity contribution in [1.29, 1.82) is 0 Å². The second-order valence-corrected chi connectivity index (χ2v) is 4.88. The molecule has 1 atom stereocenters. The van der Waals surface area contributed by atoms with Crippen LogP contribution in [0.1, 0.15) is 22.7 Å². The van der Waals surface area contributed by atoms with Gasteiger partial charge in [0.05, 0.1) is 6.04 Å². The van der Waals surface area contributed by atoms with Crippen LogP contribution in [-0.2, 0) is 0 Å². The number of halogens is 2. The van der Waals surface area contributed by atoms with E-state index in [0.717, 1.165) is 15.6 Å². The number of hydrogen-bond acceptors (Lipinski definition) is 1. The first-order chi connectivity index (χ1) is 8.09. The Balaban J connectivity index is 2.47. The van der Waals surface area contributed by atoms with Gasteiger partial charge in [-0.05, 0) is 24.6 Å². The molecule has 0 aliphatic rings. The fourth-order valence-electron chi connectivity index (χ4n) is 1.80. The number of benzene rings is 2. The van der Waals surface area contributed by atoms with E-state index >= 15 is 0 Å². The van der Waals surface area contributed by atoms with Gasteiger partial charge in [-0.3, -0.25) is 0 Å². The highest BCUT2D eigenvalue weighted by molar-refractivity contribution is 9.10. The first-order valence-corrected chi connectivity index (χ1v) is 6.15. The fourth-order valence-corrected chi connectivity index (χ4v) is 2.33. The zero-order valence-electron chi connectivity index (χ0n) is 9.45. The molecule has 17 heavy (non-hydrogen) atoms. The van der Waals surface area contributed by atoms with Crippen LogP contribution in [0.3, 0.4) is 0 Å². The lowest BCUT2D eigenvalue weighted by molar-refractivity contribution is 0.598. The molecule has 0 aromatic heterocycles. The predicted molar refractivity (Wildman–Crippen MR) is 71.3 cm³/mol. The molecule has 2 aromatic rings. The molecule has 0 fully saturated rings. The lowest BCUT2D eigenvalue weighted by atomic mass is 9.98. The highest BCUT2D eigenvalue weighted by atomic mass is 79.9. The van der Waals surface area contributed by atoms with Crippen LogP contribution in [0.15, 0.2) is 46.9 Å². The zero-order valence-corrected chi connectivity index (χ0v) is 11.0. The summed E-state index contributed by atoms with van der Waals surface area (Å²) in [5.74, 6) is -0.265. The van der Waals surface area contributed by atoms with Gasteiger partial charge in [-0.25, -0.2) is 4.39 Å². The maximum Gasteiger partial charge on any atom is 0.128 e. The Hall–Kier alpha value is -1.19. The third kappa shape index (κ3) is 2.56. The largest absolute Gasteiger partial charge is 0.320 e. The molecular formula is C14H13BrFN. The van der Waals surface area contributed by atoms with E-state index in [2.05, 4.69) is 15.9 Å². The molecule has 88 valence electrons. The molecule has 2 aromatic carbocycles. The van der Waals surface area contributed by atoms with Gasteiger partial charge in [0.2, 0.25) is 0 Å². The Morgan fingerprint density at radius 2 is 1.82 bits per heavy atom. The van der Waals surface area contributed by atoms with E-state index in [1.807, 2.05) is 31.2 Å². The summed E-state index contributed by atoms with van der Waals surface area (Å²) in [5.41, 5.74) is 8.53. The molecule has 0 radical (unpaired) electrons. The van der Waals surface area contributed by atoms with E-state index in [0.29, 0.717) is 5.56 Å². The van der Waals surface area contributed by atoms with E-state index in [4.69, 9.17) is 5.73 Å². The summed E-state index contributed by atoms with van der Waals surface area (Å²) in [6, 6.07) is 12.2. The molecule has 0 aliphatic carbocycles. The maximum atomic E-state index is 13.7. The first kappa shape index (κ1) is 12.3. The first-order valence-electron chi connectivity index (χ1n) is 5.35. The molecule has 0 heterocycles. The van der Waals surface area contributed by atoms with Crippen molar-refractivity contribution in [3.8, 4) is 0 Å². The molecule has 0 aliphatic heterocycles. The standard InChI is InChI=1S/C14H13BrFN/c1-9-6-7-13(16)11(8-9)14(17)10-4-2-3-5-12(10)15/h2-8,14H,17H2,1H3. The summed E-state index contributed by atoms with van der Waals surface area (Å²) in [6.07, 6.45) is 0. The molecule has 2 rings (SSSR count). The number of rotatable bonds is 2. The van der Waals surface area contributed by atoms with Crippen LogP contribution in [0.4, 0.5) is 4.39 Å². The quantitative estimate of drug-likeness (QED) is 0.892. The van der Waals surface area contributed by atoms with Crippen molar-refractivity contribution >= 4 is 15.9 Å². The minimum atomic E-state index is -0.453. The molecule has 1 nitrogen and oxygen atoms in total. The molecular weight excluding hydrogens is 281 g/mol. The van der Waals surface area contributed by atoms with Crippen molar-refractivity contribution in [3.05, 3.63) is 69.4 Å². The third-order valence-corrected chi connectivity index (χ3v) is 3.45. The number of aryl methyl sites for hydroxylation is 1. The van der Waals surface area contributed by atoms with Crippen LogP contribution in [0.25, 0.3) is 0 Å². The van der Waals surface area contributed by atoms with E-state index in [9.17, 15) is 4.39 Å². The van der Waals surface area contributed by atoms with Crippen LogP contribution in [0, 0.1) is 12.7 Å². The van der Waals surface area contributed by atoms with Crippen molar-refractivity contribution in [2.75, 3.05) is 0 Å². The average Bonchev–Trinajstić information content (AvgIpc) is 2.32. The Kier molecular flexibility index (Phi) is 3.60. The highest BCUT2D eigenvalue weighted by Gasteiger charge is 2.15. The molecule has 0 saturated carbocycles. The lowest BCUT2D eigenvalue weighted by Gasteiger charge is -2.15. The summed E-state index contributed by atoms with van der Waals surface area (Å²) >= 11 is 3.43. The maximum absolute atomic E-state index is 13.7. The summed E-state index contributed by atoms with van der Waals surface area (Å²) in [5, 5.41) is 0. The monoisotopic (exact) mass is 293 g/mol. The van der Waals surface area contributed by atoms with Crippen LogP contribution in [0.2, 0.25) is 0 Å². The SMILES string of the molecule is Cc1ccc(F)c(C(N)c2ccccc2Br)c1. The van der Waals surface area contributed by atoms with Crippen molar-refractivity contribution in [2.45, 2.75) is 13.0 Å². The van der Waals surface area contributed by atoms with Crippen molar-refractivity contribution in [1.82, 2.24) is 0 Å². The van der Waals surface area contributed by atoms with E-state index < -0.39 is 6.04 Å². The number of hydrogen-bond donors (Lipinski definition) is 1. The van der Waals surface area contributed by atoms with E-state index in [1.165, 1.54) is 6.07 Å². The summed E-state index contributed by atoms with van der Waals surface area (Å²) in [7, 11) is 0. The van der Waals surface area contributed by atoms with Gasteiger partial charge in [-0.1, -0.05) is 51.8 Å². The third-order valence-electron chi connectivity index (χ3n) is 2.73. The van der Waals surface area contributed by atoms with Crippen molar-refractivity contribution in [3.63, 3.8) is 0 Å². The molecule has 0 amide bonds. The summed E-state index contributed by atoms with van der Waals surface area (Å²) < 4.78 is 14.6. The van der Waals surface area contributed by atoms with Gasteiger partial charge < -0.3 is 5.73 Å². The van der Waals surface area contributed by atoms with Crippen molar-refractivity contribution in [2.24, 2.45) is 5.73 Å². The van der Waals surface area contributed by atoms with Gasteiger partial charge in [-0.15, -0.1) is 0 Å². The Morgan fingerprint density at radius 1 is 1.12 bits per heavy atom. The second kappa shape index (κ2) is 4.98. The molecule has 0 spiro atoms. The molecule has 1 unspecified atom stereocenters. The predicted octanol–water partition coefficient (Wildman–Crippen LogP) is 3.94. The van der Waals surface area contributed by atoms with Gasteiger partial charge in [0.15, 0.2) is 0 Å². The molecule has 0 saturated heterocycles. The van der Waals surface area contributed by atoms with Crippen LogP contribution >= 0.6 is 15.9 Å². The summed E-state index contributed by atoms with van der Waals surface area (Å²) in [4.78, 5) is 0. The normalized spacial score (nSPS) is 12.5. The zero-order chi connectivity index (χ0) is 12.4. The van der Waals surface area contributed by atoms with Crippen LogP contribution < -0.4 is 5.73 Å². The van der Waals surface area contributed by atoms with Crippen molar-refractivity contribution < 1.29 is 4.39 Å². The Morgan fingerprint density at radius 3 is 2.53 bits per heavy atom. The fraction of sp³-hybridized carbons (Fsp3) is 0.143. The smallest absolute Gasteiger partial charge is 0.128 e. The van der Waals surface area contributed by atoms with E-state index in [1.54, 1.807) is 12.1 Å². The van der Waals surface area contributed by atoms with Gasteiger partial charge >= 0.3 is 0 Å². The second-order valence-electron chi connectivity index (χ2n) is 4.02. The van der Waals surface area contributed by atoms with Gasteiger partial charge in [-0.2, -0.15) is 0 Å². The van der Waals surface area contributed by atoms with Gasteiger partial charge in [0.25, 0.3) is 0 Å². The van der Waals surface area contributed by atoms with Crippen LogP contribution in [0.5, 0.6) is 0 Å². The average molecular weight is 294 g/mol. The molecule has 2 N–H and O–H groups in total. The minimum absolute atomic E-state index is 0.265.